The van der Waals surface area contributed by atoms with Crippen molar-refractivity contribution in [3.8, 4) is 0 Å². The minimum atomic E-state index is -0.514. The van der Waals surface area contributed by atoms with Gasteiger partial charge in [0.2, 0.25) is 0 Å². The Hall–Kier alpha value is -1.62. The van der Waals surface area contributed by atoms with Crippen molar-refractivity contribution in [1.29, 1.82) is 0 Å². The Morgan fingerprint density at radius 1 is 1.21 bits per heavy atom. The van der Waals surface area contributed by atoms with Gasteiger partial charge in [-0.2, -0.15) is 0 Å². The van der Waals surface area contributed by atoms with E-state index in [1.54, 1.807) is 6.26 Å². The molecule has 0 fully saturated rings. The second-order valence-electron chi connectivity index (χ2n) is 6.42. The summed E-state index contributed by atoms with van der Waals surface area (Å²) in [6, 6.07) is 12.7. The lowest BCUT2D eigenvalue weighted by molar-refractivity contribution is -0.00271. The second-order valence-corrected chi connectivity index (χ2v) is 6.42. The Kier molecular flexibility index (Phi) is 7.50. The molecule has 0 spiro atoms. The average Bonchev–Trinajstić information content (AvgIpc) is 3.09. The van der Waals surface area contributed by atoms with Gasteiger partial charge in [0.1, 0.15) is 12.4 Å². The summed E-state index contributed by atoms with van der Waals surface area (Å²) in [5.74, 6) is 0.778. The van der Waals surface area contributed by atoms with Crippen LogP contribution in [-0.2, 0) is 17.9 Å². The van der Waals surface area contributed by atoms with Crippen LogP contribution in [0.5, 0.6) is 0 Å². The van der Waals surface area contributed by atoms with Crippen molar-refractivity contribution in [2.45, 2.75) is 52.5 Å². The number of aliphatic hydroxyl groups excluding tert-OH is 1. The minimum Gasteiger partial charge on any atom is -0.467 e. The number of benzene rings is 1. The Morgan fingerprint density at radius 3 is 2.58 bits per heavy atom. The van der Waals surface area contributed by atoms with Crippen LogP contribution in [0, 0.1) is 6.92 Å². The number of furan rings is 1. The van der Waals surface area contributed by atoms with Gasteiger partial charge in [0.25, 0.3) is 0 Å². The standard InChI is InChI=1S/C20H29NO3/c1-4-17(3)21(12-18-9-7-16(2)8-10-18)13-19(22)14-23-15-20-6-5-11-24-20/h5-11,17,19,22H,4,12-15H2,1-3H3/t17-,19+/m1/s1. The summed E-state index contributed by atoms with van der Waals surface area (Å²) in [6.45, 7) is 8.60. The lowest BCUT2D eigenvalue weighted by Crippen LogP contribution is -2.39. The van der Waals surface area contributed by atoms with Crippen molar-refractivity contribution >= 4 is 0 Å². The molecule has 1 N–H and O–H groups in total. The van der Waals surface area contributed by atoms with E-state index in [1.165, 1.54) is 11.1 Å². The smallest absolute Gasteiger partial charge is 0.129 e. The van der Waals surface area contributed by atoms with Gasteiger partial charge in [-0.15, -0.1) is 0 Å². The zero-order chi connectivity index (χ0) is 17.4. The molecular weight excluding hydrogens is 302 g/mol. The molecule has 2 rings (SSSR count). The maximum Gasteiger partial charge on any atom is 0.129 e. The van der Waals surface area contributed by atoms with Crippen LogP contribution in [0.2, 0.25) is 0 Å². The van der Waals surface area contributed by atoms with Crippen LogP contribution >= 0.6 is 0 Å². The van der Waals surface area contributed by atoms with Crippen molar-refractivity contribution in [2.75, 3.05) is 13.2 Å². The van der Waals surface area contributed by atoms with E-state index in [4.69, 9.17) is 9.15 Å². The molecule has 0 unspecified atom stereocenters. The zero-order valence-electron chi connectivity index (χ0n) is 14.9. The highest BCUT2D eigenvalue weighted by molar-refractivity contribution is 5.21. The number of hydrogen-bond donors (Lipinski definition) is 1. The third kappa shape index (κ3) is 6.11. The molecule has 2 aromatic rings. The normalized spacial score (nSPS) is 14.0. The second kappa shape index (κ2) is 9.62. The highest BCUT2D eigenvalue weighted by Crippen LogP contribution is 2.13. The van der Waals surface area contributed by atoms with Crippen LogP contribution in [0.1, 0.15) is 37.2 Å². The maximum atomic E-state index is 10.3. The van der Waals surface area contributed by atoms with Gasteiger partial charge in [-0.1, -0.05) is 36.8 Å². The highest BCUT2D eigenvalue weighted by atomic mass is 16.5. The predicted octanol–water partition coefficient (Wildman–Crippen LogP) is 3.77. The summed E-state index contributed by atoms with van der Waals surface area (Å²) >= 11 is 0. The summed E-state index contributed by atoms with van der Waals surface area (Å²) in [6.07, 6.45) is 2.16. The molecule has 1 heterocycles. The Labute approximate surface area is 145 Å². The molecule has 0 bridgehead atoms. The van der Waals surface area contributed by atoms with Crippen LogP contribution in [-0.4, -0.2) is 35.3 Å². The van der Waals surface area contributed by atoms with E-state index in [-0.39, 0.29) is 0 Å². The van der Waals surface area contributed by atoms with Crippen molar-refractivity contribution in [2.24, 2.45) is 0 Å². The van der Waals surface area contributed by atoms with Gasteiger partial charge in [-0.25, -0.2) is 0 Å². The van der Waals surface area contributed by atoms with Crippen LogP contribution < -0.4 is 0 Å². The summed E-state index contributed by atoms with van der Waals surface area (Å²) in [7, 11) is 0. The maximum absolute atomic E-state index is 10.3. The van der Waals surface area contributed by atoms with Gasteiger partial charge in [-0.05, 0) is 38.0 Å². The van der Waals surface area contributed by atoms with Crippen molar-refractivity contribution < 1.29 is 14.3 Å². The monoisotopic (exact) mass is 331 g/mol. The first kappa shape index (κ1) is 18.7. The topological polar surface area (TPSA) is 45.8 Å². The van der Waals surface area contributed by atoms with Crippen LogP contribution in [0.15, 0.2) is 47.1 Å². The van der Waals surface area contributed by atoms with Crippen molar-refractivity contribution in [1.82, 2.24) is 4.90 Å². The van der Waals surface area contributed by atoms with Gasteiger partial charge < -0.3 is 14.3 Å². The van der Waals surface area contributed by atoms with Crippen molar-refractivity contribution in [3.05, 3.63) is 59.5 Å². The molecule has 0 saturated heterocycles. The number of aryl methyl sites for hydroxylation is 1. The number of aliphatic hydroxyl groups is 1. The largest absolute Gasteiger partial charge is 0.467 e. The van der Waals surface area contributed by atoms with Crippen molar-refractivity contribution in [3.63, 3.8) is 0 Å². The quantitative estimate of drug-likeness (QED) is 0.720. The summed E-state index contributed by atoms with van der Waals surface area (Å²) in [5.41, 5.74) is 2.53. The highest BCUT2D eigenvalue weighted by Gasteiger charge is 2.17. The molecule has 24 heavy (non-hydrogen) atoms. The van der Waals surface area contributed by atoms with Crippen LogP contribution in [0.3, 0.4) is 0 Å². The first-order valence-electron chi connectivity index (χ1n) is 8.66. The SMILES string of the molecule is CC[C@@H](C)N(Cc1ccc(C)cc1)C[C@H](O)COCc1ccco1. The molecule has 2 atom stereocenters. The number of ether oxygens (including phenoxy) is 1. The van der Waals surface area contributed by atoms with E-state index in [2.05, 4.69) is 49.9 Å². The lowest BCUT2D eigenvalue weighted by Gasteiger charge is -2.30. The van der Waals surface area contributed by atoms with Gasteiger partial charge in [0, 0.05) is 19.1 Å². The van der Waals surface area contributed by atoms with Gasteiger partial charge in [0.15, 0.2) is 0 Å². The van der Waals surface area contributed by atoms with E-state index >= 15 is 0 Å². The van der Waals surface area contributed by atoms with E-state index < -0.39 is 6.10 Å². The Morgan fingerprint density at radius 2 is 1.96 bits per heavy atom. The van der Waals surface area contributed by atoms with Crippen LogP contribution in [0.25, 0.3) is 0 Å². The number of hydrogen-bond acceptors (Lipinski definition) is 4. The predicted molar refractivity (Wildman–Crippen MR) is 95.7 cm³/mol. The van der Waals surface area contributed by atoms with Gasteiger partial charge in [0.05, 0.1) is 19.0 Å². The fourth-order valence-electron chi connectivity index (χ4n) is 2.60. The van der Waals surface area contributed by atoms with Gasteiger partial charge in [-0.3, -0.25) is 4.90 Å². The summed E-state index contributed by atoms with van der Waals surface area (Å²) in [5, 5.41) is 10.3. The molecular formula is C20H29NO3. The molecule has 1 aromatic heterocycles. The first-order valence-corrected chi connectivity index (χ1v) is 8.66. The molecule has 0 radical (unpaired) electrons. The van der Waals surface area contributed by atoms with E-state index in [0.29, 0.717) is 25.8 Å². The van der Waals surface area contributed by atoms with Crippen LogP contribution in [0.4, 0.5) is 0 Å². The molecule has 0 saturated carbocycles. The Balaban J connectivity index is 1.84. The summed E-state index contributed by atoms with van der Waals surface area (Å²) in [4.78, 5) is 2.31. The average molecular weight is 331 g/mol. The number of rotatable bonds is 10. The molecule has 132 valence electrons. The van der Waals surface area contributed by atoms with Gasteiger partial charge >= 0.3 is 0 Å². The van der Waals surface area contributed by atoms with E-state index in [1.807, 2.05) is 12.1 Å². The first-order chi connectivity index (χ1) is 11.6. The molecule has 0 aliphatic heterocycles. The minimum absolute atomic E-state index is 0.307. The third-order valence-electron chi connectivity index (χ3n) is 4.30. The zero-order valence-corrected chi connectivity index (χ0v) is 14.9. The molecule has 4 heteroatoms. The molecule has 0 aliphatic carbocycles. The van der Waals surface area contributed by atoms with E-state index in [0.717, 1.165) is 18.7 Å². The fraction of sp³-hybridized carbons (Fsp3) is 0.500. The lowest BCUT2D eigenvalue weighted by atomic mass is 10.1. The molecule has 0 aliphatic rings. The number of nitrogens with zero attached hydrogens (tertiary/aromatic N) is 1. The van der Waals surface area contributed by atoms with E-state index in [9.17, 15) is 5.11 Å². The third-order valence-corrected chi connectivity index (χ3v) is 4.30. The summed E-state index contributed by atoms with van der Waals surface area (Å²) < 4.78 is 10.8. The molecule has 4 nitrogen and oxygen atoms in total. The fourth-order valence-corrected chi connectivity index (χ4v) is 2.60. The molecule has 1 aromatic carbocycles. The molecule has 0 amide bonds. The Bertz CT molecular complexity index is 565.